The lowest BCUT2D eigenvalue weighted by atomic mass is 10.3. The summed E-state index contributed by atoms with van der Waals surface area (Å²) in [7, 11) is 0.995. The third-order valence-electron chi connectivity index (χ3n) is 4.61. The summed E-state index contributed by atoms with van der Waals surface area (Å²) in [6.07, 6.45) is 0. The van der Waals surface area contributed by atoms with E-state index < -0.39 is 7.92 Å². The van der Waals surface area contributed by atoms with Crippen molar-refractivity contribution in [3.63, 3.8) is 0 Å². The van der Waals surface area contributed by atoms with Gasteiger partial charge in [-0.05, 0) is 48.9 Å². The maximum Gasteiger partial charge on any atom is 0.119 e. The predicted octanol–water partition coefficient (Wildman–Crippen LogP) is 4.89. The van der Waals surface area contributed by atoms with E-state index in [-0.39, 0.29) is 0 Å². The number of anilines is 2. The maximum atomic E-state index is 5.23. The van der Waals surface area contributed by atoms with Crippen molar-refractivity contribution < 1.29 is 4.74 Å². The van der Waals surface area contributed by atoms with Crippen LogP contribution in [0.1, 0.15) is 0 Å². The van der Waals surface area contributed by atoms with Gasteiger partial charge in [-0.3, -0.25) is 0 Å². The topological polar surface area (TPSA) is 33.3 Å². The maximum absolute atomic E-state index is 5.23. The summed E-state index contributed by atoms with van der Waals surface area (Å²) in [5.74, 6) is 0.840. The van der Waals surface area contributed by atoms with Crippen LogP contribution in [-0.4, -0.2) is 7.11 Å². The summed E-state index contributed by atoms with van der Waals surface area (Å²) in [5.41, 5.74) is 8.78. The second-order valence-corrected chi connectivity index (χ2v) is 8.69. The molecule has 3 nitrogen and oxygen atoms in total. The number of rotatable bonds is 7. The van der Waals surface area contributed by atoms with Gasteiger partial charge in [-0.1, -0.05) is 78.9 Å². The molecular weight excluding hydrogens is 375 g/mol. The smallest absolute Gasteiger partial charge is 0.119 e. The van der Waals surface area contributed by atoms with E-state index >= 15 is 0 Å². The van der Waals surface area contributed by atoms with Crippen LogP contribution in [0.4, 0.5) is 11.4 Å². The summed E-state index contributed by atoms with van der Waals surface area (Å²) in [6.45, 7) is 0. The number of hydrogen-bond donors (Lipinski definition) is 2. The molecule has 4 aromatic carbocycles. The van der Waals surface area contributed by atoms with E-state index in [1.165, 1.54) is 15.9 Å². The Morgan fingerprint density at radius 3 is 1.72 bits per heavy atom. The van der Waals surface area contributed by atoms with Crippen LogP contribution in [0.25, 0.3) is 0 Å². The highest BCUT2D eigenvalue weighted by atomic mass is 31.1. The molecule has 4 rings (SSSR count). The zero-order chi connectivity index (χ0) is 19.9. The van der Waals surface area contributed by atoms with Crippen molar-refractivity contribution in [2.45, 2.75) is 0 Å². The first kappa shape index (κ1) is 19.0. The molecule has 0 saturated carbocycles. The number of hydrazine groups is 1. The first-order valence-electron chi connectivity index (χ1n) is 9.50. The fourth-order valence-electron chi connectivity index (χ4n) is 3.17. The minimum Gasteiger partial charge on any atom is -0.497 e. The molecule has 0 radical (unpaired) electrons. The molecule has 0 amide bonds. The molecule has 0 heterocycles. The predicted molar refractivity (Wildman–Crippen MR) is 125 cm³/mol. The summed E-state index contributed by atoms with van der Waals surface area (Å²) in [4.78, 5) is 0. The summed E-state index contributed by atoms with van der Waals surface area (Å²) in [6, 6.07) is 37.8. The number of ether oxygens (including phenoxy) is 1. The van der Waals surface area contributed by atoms with Gasteiger partial charge < -0.3 is 15.6 Å². The van der Waals surface area contributed by atoms with Crippen molar-refractivity contribution in [3.8, 4) is 5.75 Å². The quantitative estimate of drug-likeness (QED) is 0.343. The Labute approximate surface area is 173 Å². The fraction of sp³-hybridized carbons (Fsp3) is 0.0400. The van der Waals surface area contributed by atoms with Crippen molar-refractivity contribution in [2.75, 3.05) is 18.0 Å². The lowest BCUT2D eigenvalue weighted by Gasteiger charge is -2.23. The van der Waals surface area contributed by atoms with Crippen molar-refractivity contribution in [3.05, 3.63) is 109 Å². The van der Waals surface area contributed by atoms with Gasteiger partial charge in [0.05, 0.1) is 18.5 Å². The van der Waals surface area contributed by atoms with Crippen molar-refractivity contribution in [2.24, 2.45) is 0 Å². The van der Waals surface area contributed by atoms with E-state index in [4.69, 9.17) is 4.74 Å². The van der Waals surface area contributed by atoms with Gasteiger partial charge in [0, 0.05) is 5.30 Å². The molecule has 0 unspecified atom stereocenters. The minimum absolute atomic E-state index is 0.678. The van der Waals surface area contributed by atoms with Gasteiger partial charge in [0.25, 0.3) is 0 Å². The van der Waals surface area contributed by atoms with Gasteiger partial charge in [-0.25, -0.2) is 0 Å². The first-order valence-corrected chi connectivity index (χ1v) is 10.8. The van der Waals surface area contributed by atoms with E-state index in [1.807, 2.05) is 24.3 Å². The Bertz CT molecular complexity index is 998. The molecule has 2 N–H and O–H groups in total. The van der Waals surface area contributed by atoms with E-state index in [0.29, 0.717) is 0 Å². The second-order valence-electron chi connectivity index (χ2n) is 6.50. The Kier molecular flexibility index (Phi) is 6.09. The molecule has 4 aromatic rings. The van der Waals surface area contributed by atoms with E-state index in [0.717, 1.165) is 17.1 Å². The van der Waals surface area contributed by atoms with E-state index in [9.17, 15) is 0 Å². The fourth-order valence-corrected chi connectivity index (χ4v) is 5.57. The van der Waals surface area contributed by atoms with Crippen LogP contribution in [0, 0.1) is 0 Å². The molecular formula is C25H23N2OP. The number of para-hydroxylation sites is 1. The Morgan fingerprint density at radius 2 is 1.14 bits per heavy atom. The molecule has 0 aromatic heterocycles. The average molecular weight is 398 g/mol. The monoisotopic (exact) mass is 398 g/mol. The van der Waals surface area contributed by atoms with Crippen LogP contribution < -0.4 is 31.5 Å². The minimum atomic E-state index is -0.678. The standard InChI is InChI=1S/C25H23N2OP/c1-28-21-18-16-20(17-19-21)26-27-24-14-8-9-15-25(24)29(22-10-4-2-5-11-22)23-12-6-3-7-13-23/h2-19,26-27H,1H3. The molecule has 29 heavy (non-hydrogen) atoms. The number of nitrogens with one attached hydrogen (secondary N) is 2. The van der Waals surface area contributed by atoms with E-state index in [2.05, 4.69) is 95.8 Å². The third kappa shape index (κ3) is 4.59. The molecule has 0 atom stereocenters. The van der Waals surface area contributed by atoms with E-state index in [1.54, 1.807) is 7.11 Å². The highest BCUT2D eigenvalue weighted by Crippen LogP contribution is 2.35. The third-order valence-corrected chi connectivity index (χ3v) is 7.11. The SMILES string of the molecule is COc1ccc(NNc2ccccc2P(c2ccccc2)c2ccccc2)cc1. The summed E-state index contributed by atoms with van der Waals surface area (Å²) < 4.78 is 5.23. The summed E-state index contributed by atoms with van der Waals surface area (Å²) in [5, 5.41) is 3.93. The van der Waals surface area contributed by atoms with Crippen LogP contribution in [0.5, 0.6) is 5.75 Å². The average Bonchev–Trinajstić information content (AvgIpc) is 2.80. The second kappa shape index (κ2) is 9.27. The molecule has 144 valence electrons. The van der Waals surface area contributed by atoms with Gasteiger partial charge in [0.1, 0.15) is 5.75 Å². The van der Waals surface area contributed by atoms with Crippen molar-refractivity contribution >= 4 is 35.2 Å². The zero-order valence-electron chi connectivity index (χ0n) is 16.2. The first-order chi connectivity index (χ1) is 14.3. The van der Waals surface area contributed by atoms with Gasteiger partial charge in [0.15, 0.2) is 0 Å². The molecule has 0 fully saturated rings. The lowest BCUT2D eigenvalue weighted by Crippen LogP contribution is -2.24. The summed E-state index contributed by atoms with van der Waals surface area (Å²) >= 11 is 0. The van der Waals surface area contributed by atoms with Crippen LogP contribution >= 0.6 is 7.92 Å². The molecule has 0 bridgehead atoms. The van der Waals surface area contributed by atoms with Gasteiger partial charge in [-0.15, -0.1) is 0 Å². The lowest BCUT2D eigenvalue weighted by molar-refractivity contribution is 0.415. The van der Waals surface area contributed by atoms with Crippen LogP contribution in [0.2, 0.25) is 0 Å². The number of methoxy groups -OCH3 is 1. The van der Waals surface area contributed by atoms with Crippen molar-refractivity contribution in [1.29, 1.82) is 0 Å². The zero-order valence-corrected chi connectivity index (χ0v) is 17.1. The molecule has 0 aliphatic rings. The number of hydrogen-bond acceptors (Lipinski definition) is 3. The van der Waals surface area contributed by atoms with Crippen LogP contribution in [0.15, 0.2) is 109 Å². The van der Waals surface area contributed by atoms with Gasteiger partial charge in [-0.2, -0.15) is 0 Å². The Morgan fingerprint density at radius 1 is 0.586 bits per heavy atom. The number of benzene rings is 4. The van der Waals surface area contributed by atoms with Crippen LogP contribution in [-0.2, 0) is 0 Å². The van der Waals surface area contributed by atoms with Gasteiger partial charge >= 0.3 is 0 Å². The highest BCUT2D eigenvalue weighted by Gasteiger charge is 2.19. The molecule has 0 saturated heterocycles. The van der Waals surface area contributed by atoms with Crippen molar-refractivity contribution in [1.82, 2.24) is 0 Å². The Balaban J connectivity index is 1.67. The van der Waals surface area contributed by atoms with Gasteiger partial charge in [0.2, 0.25) is 0 Å². The normalized spacial score (nSPS) is 10.6. The van der Waals surface area contributed by atoms with Crippen LogP contribution in [0.3, 0.4) is 0 Å². The Hall–Kier alpha value is -3.29. The molecule has 0 aliphatic heterocycles. The molecule has 0 aliphatic carbocycles. The molecule has 4 heteroatoms. The largest absolute Gasteiger partial charge is 0.497 e. The molecule has 0 spiro atoms. The highest BCUT2D eigenvalue weighted by molar-refractivity contribution is 7.80.